The highest BCUT2D eigenvalue weighted by molar-refractivity contribution is 7.92. The number of hydrogen-bond acceptors (Lipinski definition) is 3. The first-order valence-electron chi connectivity index (χ1n) is 5.71. The number of anilines is 1. The summed E-state index contributed by atoms with van der Waals surface area (Å²) >= 11 is 0. The van der Waals surface area contributed by atoms with Gasteiger partial charge in [0, 0.05) is 0 Å². The maximum absolute atomic E-state index is 13.1. The lowest BCUT2D eigenvalue weighted by Crippen LogP contribution is -2.14. The first-order chi connectivity index (χ1) is 9.42. The largest absolute Gasteiger partial charge is 0.279 e. The van der Waals surface area contributed by atoms with Crippen LogP contribution >= 0.6 is 0 Å². The fraction of sp³-hybridized carbons (Fsp3) is 0.0714. The fourth-order valence-electron chi connectivity index (χ4n) is 1.64. The molecule has 102 valence electrons. The second-order valence-electron chi connectivity index (χ2n) is 4.20. The summed E-state index contributed by atoms with van der Waals surface area (Å²) in [7, 11) is -3.88. The minimum atomic E-state index is -3.88. The lowest BCUT2D eigenvalue weighted by atomic mass is 10.1. The summed E-state index contributed by atoms with van der Waals surface area (Å²) in [4.78, 5) is -0.167. The van der Waals surface area contributed by atoms with Gasteiger partial charge in [0.2, 0.25) is 0 Å². The van der Waals surface area contributed by atoms with E-state index in [0.29, 0.717) is 16.8 Å². The lowest BCUT2D eigenvalue weighted by Gasteiger charge is -2.10. The molecule has 2 rings (SSSR count). The topological polar surface area (TPSA) is 70.0 Å². The molecule has 1 N–H and O–H groups in total. The Morgan fingerprint density at radius 3 is 2.60 bits per heavy atom. The molecular weight excluding hydrogens is 279 g/mol. The van der Waals surface area contributed by atoms with Gasteiger partial charge < -0.3 is 0 Å². The second-order valence-corrected chi connectivity index (χ2v) is 5.89. The Labute approximate surface area is 116 Å². The molecule has 0 fully saturated rings. The molecule has 0 unspecified atom stereocenters. The Hall–Kier alpha value is -2.39. The molecule has 6 heteroatoms. The molecule has 0 bridgehead atoms. The summed E-state index contributed by atoms with van der Waals surface area (Å²) in [5.41, 5.74) is 1.31. The van der Waals surface area contributed by atoms with Gasteiger partial charge in [-0.15, -0.1) is 0 Å². The molecule has 0 spiro atoms. The lowest BCUT2D eigenvalue weighted by molar-refractivity contribution is 0.595. The molecule has 0 heterocycles. The van der Waals surface area contributed by atoms with Crippen LogP contribution < -0.4 is 4.72 Å². The summed E-state index contributed by atoms with van der Waals surface area (Å²) in [6.45, 7) is 1.71. The van der Waals surface area contributed by atoms with Gasteiger partial charge in [0.15, 0.2) is 0 Å². The Morgan fingerprint density at radius 2 is 1.95 bits per heavy atom. The van der Waals surface area contributed by atoms with Crippen molar-refractivity contribution in [2.45, 2.75) is 11.8 Å². The first kappa shape index (κ1) is 14.0. The molecule has 0 aliphatic carbocycles. The van der Waals surface area contributed by atoms with Crippen LogP contribution in [0.4, 0.5) is 10.1 Å². The van der Waals surface area contributed by atoms with Crippen LogP contribution in [-0.2, 0) is 10.0 Å². The number of sulfonamides is 1. The standard InChI is InChI=1S/C14H11FN2O2S/c1-10-5-6-11(9-16)7-14(10)17-20(18,19)13-4-2-3-12(15)8-13/h2-8,17H,1H3. The van der Waals surface area contributed by atoms with Crippen molar-refractivity contribution < 1.29 is 12.8 Å². The van der Waals surface area contributed by atoms with Gasteiger partial charge in [-0.3, -0.25) is 4.72 Å². The maximum atomic E-state index is 13.1. The van der Waals surface area contributed by atoms with Crippen LogP contribution in [0.25, 0.3) is 0 Å². The van der Waals surface area contributed by atoms with E-state index in [1.54, 1.807) is 19.1 Å². The molecule has 4 nitrogen and oxygen atoms in total. The van der Waals surface area contributed by atoms with E-state index in [-0.39, 0.29) is 4.90 Å². The van der Waals surface area contributed by atoms with E-state index < -0.39 is 15.8 Å². The van der Waals surface area contributed by atoms with Gasteiger partial charge in [0.1, 0.15) is 5.82 Å². The summed E-state index contributed by atoms with van der Waals surface area (Å²) in [5.74, 6) is -0.629. The minimum absolute atomic E-state index is 0.167. The van der Waals surface area contributed by atoms with Gasteiger partial charge in [-0.2, -0.15) is 5.26 Å². The van der Waals surface area contributed by atoms with Crippen LogP contribution in [0.15, 0.2) is 47.4 Å². The van der Waals surface area contributed by atoms with Gasteiger partial charge in [-0.1, -0.05) is 12.1 Å². The van der Waals surface area contributed by atoms with E-state index in [2.05, 4.69) is 4.72 Å². The van der Waals surface area contributed by atoms with E-state index in [1.165, 1.54) is 24.3 Å². The number of aryl methyl sites for hydroxylation is 1. The zero-order valence-electron chi connectivity index (χ0n) is 10.6. The van der Waals surface area contributed by atoms with Crippen LogP contribution in [0.3, 0.4) is 0 Å². The predicted octanol–water partition coefficient (Wildman–Crippen LogP) is 2.81. The third kappa shape index (κ3) is 2.95. The average molecular weight is 290 g/mol. The summed E-state index contributed by atoms with van der Waals surface area (Å²) in [6, 6.07) is 11.3. The third-order valence-corrected chi connectivity index (χ3v) is 4.08. The number of rotatable bonds is 3. The number of nitrogens with one attached hydrogen (secondary N) is 1. The molecule has 0 aromatic heterocycles. The molecule has 2 aromatic carbocycles. The zero-order valence-corrected chi connectivity index (χ0v) is 11.4. The van der Waals surface area contributed by atoms with Gasteiger partial charge in [0.25, 0.3) is 10.0 Å². The first-order valence-corrected chi connectivity index (χ1v) is 7.20. The zero-order chi connectivity index (χ0) is 14.8. The van der Waals surface area contributed by atoms with Crippen molar-refractivity contribution >= 4 is 15.7 Å². The molecule has 0 radical (unpaired) electrons. The molecule has 0 saturated carbocycles. The van der Waals surface area contributed by atoms with Gasteiger partial charge in [0.05, 0.1) is 22.2 Å². The van der Waals surface area contributed by atoms with Crippen LogP contribution in [0.5, 0.6) is 0 Å². The molecule has 0 saturated heterocycles. The maximum Gasteiger partial charge on any atom is 0.262 e. The van der Waals surface area contributed by atoms with Crippen molar-refractivity contribution in [1.82, 2.24) is 0 Å². The highest BCUT2D eigenvalue weighted by atomic mass is 32.2. The number of nitriles is 1. The fourth-order valence-corrected chi connectivity index (χ4v) is 2.79. The number of hydrogen-bond donors (Lipinski definition) is 1. The van der Waals surface area contributed by atoms with Gasteiger partial charge in [-0.05, 0) is 42.8 Å². The van der Waals surface area contributed by atoms with Gasteiger partial charge >= 0.3 is 0 Å². The van der Waals surface area contributed by atoms with Gasteiger partial charge in [-0.25, -0.2) is 12.8 Å². The number of benzene rings is 2. The summed E-state index contributed by atoms with van der Waals surface area (Å²) in [5, 5.41) is 8.83. The normalized spacial score (nSPS) is 10.8. The monoisotopic (exact) mass is 290 g/mol. The molecule has 0 aliphatic rings. The highest BCUT2D eigenvalue weighted by Gasteiger charge is 2.16. The molecule has 2 aromatic rings. The Kier molecular flexibility index (Phi) is 3.72. The van der Waals surface area contributed by atoms with E-state index in [4.69, 9.17) is 5.26 Å². The quantitative estimate of drug-likeness (QED) is 0.945. The van der Waals surface area contributed by atoms with Crippen LogP contribution in [0, 0.1) is 24.1 Å². The number of halogens is 1. The van der Waals surface area contributed by atoms with Crippen molar-refractivity contribution in [3.8, 4) is 6.07 Å². The van der Waals surface area contributed by atoms with Crippen molar-refractivity contribution in [2.75, 3.05) is 4.72 Å². The molecule has 20 heavy (non-hydrogen) atoms. The van der Waals surface area contributed by atoms with Crippen molar-refractivity contribution in [2.24, 2.45) is 0 Å². The van der Waals surface area contributed by atoms with Crippen molar-refractivity contribution in [1.29, 1.82) is 5.26 Å². The van der Waals surface area contributed by atoms with Crippen LogP contribution in [-0.4, -0.2) is 8.42 Å². The minimum Gasteiger partial charge on any atom is -0.279 e. The second kappa shape index (κ2) is 5.31. The van der Waals surface area contributed by atoms with Crippen molar-refractivity contribution in [3.05, 3.63) is 59.4 Å². The van der Waals surface area contributed by atoms with Crippen LogP contribution in [0.2, 0.25) is 0 Å². The highest BCUT2D eigenvalue weighted by Crippen LogP contribution is 2.21. The smallest absolute Gasteiger partial charge is 0.262 e. The molecule has 0 aliphatic heterocycles. The summed E-state index contributed by atoms with van der Waals surface area (Å²) in [6.07, 6.45) is 0. The van der Waals surface area contributed by atoms with E-state index in [1.807, 2.05) is 6.07 Å². The van der Waals surface area contributed by atoms with Crippen molar-refractivity contribution in [3.63, 3.8) is 0 Å². The number of nitrogens with zero attached hydrogens (tertiary/aromatic N) is 1. The molecular formula is C14H11FN2O2S. The van der Waals surface area contributed by atoms with E-state index in [0.717, 1.165) is 6.07 Å². The third-order valence-electron chi connectivity index (χ3n) is 2.72. The summed E-state index contributed by atoms with van der Waals surface area (Å²) < 4.78 is 39.7. The average Bonchev–Trinajstić information content (AvgIpc) is 2.41. The van der Waals surface area contributed by atoms with E-state index >= 15 is 0 Å². The van der Waals surface area contributed by atoms with E-state index in [9.17, 15) is 12.8 Å². The molecule has 0 amide bonds. The predicted molar refractivity (Wildman–Crippen MR) is 73.1 cm³/mol. The Balaban J connectivity index is 2.41. The Morgan fingerprint density at radius 1 is 1.20 bits per heavy atom. The van der Waals surface area contributed by atoms with Crippen LogP contribution in [0.1, 0.15) is 11.1 Å². The SMILES string of the molecule is Cc1ccc(C#N)cc1NS(=O)(=O)c1cccc(F)c1. The Bertz CT molecular complexity index is 795. The molecule has 0 atom stereocenters.